The van der Waals surface area contributed by atoms with Gasteiger partial charge in [-0.05, 0) is 43.4 Å². The summed E-state index contributed by atoms with van der Waals surface area (Å²) in [5.74, 6) is 1.74. The third-order valence-electron chi connectivity index (χ3n) is 4.01. The van der Waals surface area contributed by atoms with Gasteiger partial charge < -0.3 is 14.8 Å². The number of carbonyl (C=O) groups excluding carboxylic acids is 1. The number of pyridine rings is 1. The largest absolute Gasteiger partial charge is 0.491 e. The number of fused-ring (bicyclic) bond motifs is 1. The highest BCUT2D eigenvalue weighted by Gasteiger charge is 2.29. The monoisotopic (exact) mass is 314 g/mol. The third kappa shape index (κ3) is 3.55. The zero-order chi connectivity index (χ0) is 16.4. The molecule has 1 aliphatic rings. The third-order valence-corrected chi connectivity index (χ3v) is 4.01. The minimum absolute atomic E-state index is 0.0367. The average Bonchev–Trinajstić information content (AvgIpc) is 2.82. The molecule has 2 heterocycles. The number of benzene rings is 1. The molecule has 1 amide bonds. The summed E-state index contributed by atoms with van der Waals surface area (Å²) >= 11 is 0. The highest BCUT2D eigenvalue weighted by atomic mass is 16.5. The Morgan fingerprint density at radius 3 is 2.87 bits per heavy atom. The number of ether oxygens (including phenoxy) is 2. The SMILES string of the molecule is CC(C)Oc1ccc2ccnc(OC[C@H]3NC(=O)C[C@@H]3C)c2c1. The molecule has 0 unspecified atom stereocenters. The Balaban J connectivity index is 1.80. The van der Waals surface area contributed by atoms with Crippen LogP contribution < -0.4 is 14.8 Å². The molecule has 0 radical (unpaired) electrons. The van der Waals surface area contributed by atoms with Gasteiger partial charge in [0, 0.05) is 18.0 Å². The van der Waals surface area contributed by atoms with Crippen molar-refractivity contribution in [2.24, 2.45) is 5.92 Å². The van der Waals surface area contributed by atoms with E-state index in [4.69, 9.17) is 9.47 Å². The van der Waals surface area contributed by atoms with Gasteiger partial charge in [-0.25, -0.2) is 4.98 Å². The molecule has 5 nitrogen and oxygen atoms in total. The molecule has 1 aliphatic heterocycles. The van der Waals surface area contributed by atoms with E-state index < -0.39 is 0 Å². The Morgan fingerprint density at radius 2 is 2.17 bits per heavy atom. The summed E-state index contributed by atoms with van der Waals surface area (Å²) in [6.45, 7) is 6.47. The molecular weight excluding hydrogens is 292 g/mol. The maximum absolute atomic E-state index is 11.4. The van der Waals surface area contributed by atoms with Gasteiger partial charge >= 0.3 is 0 Å². The molecule has 1 N–H and O–H groups in total. The molecule has 1 saturated heterocycles. The molecule has 0 bridgehead atoms. The first kappa shape index (κ1) is 15.6. The van der Waals surface area contributed by atoms with Gasteiger partial charge in [0.2, 0.25) is 11.8 Å². The van der Waals surface area contributed by atoms with E-state index >= 15 is 0 Å². The van der Waals surface area contributed by atoms with Crippen LogP contribution in [0.1, 0.15) is 27.2 Å². The second-order valence-electron chi connectivity index (χ2n) is 6.33. The van der Waals surface area contributed by atoms with Crippen molar-refractivity contribution >= 4 is 16.7 Å². The summed E-state index contributed by atoms with van der Waals surface area (Å²) in [6, 6.07) is 7.89. The maximum Gasteiger partial charge on any atom is 0.221 e. The van der Waals surface area contributed by atoms with E-state index in [1.54, 1.807) is 6.20 Å². The molecule has 23 heavy (non-hydrogen) atoms. The van der Waals surface area contributed by atoms with Gasteiger partial charge in [0.05, 0.1) is 12.1 Å². The lowest BCUT2D eigenvalue weighted by Gasteiger charge is -2.17. The number of aromatic nitrogens is 1. The lowest BCUT2D eigenvalue weighted by atomic mass is 10.0. The zero-order valence-electron chi connectivity index (χ0n) is 13.7. The number of rotatable bonds is 5. The summed E-state index contributed by atoms with van der Waals surface area (Å²) in [5, 5.41) is 4.91. The van der Waals surface area contributed by atoms with Crippen LogP contribution in [0, 0.1) is 5.92 Å². The molecule has 0 aliphatic carbocycles. The van der Waals surface area contributed by atoms with Crippen molar-refractivity contribution < 1.29 is 14.3 Å². The zero-order valence-corrected chi connectivity index (χ0v) is 13.7. The van der Waals surface area contributed by atoms with Crippen LogP contribution in [0.2, 0.25) is 0 Å². The molecule has 3 rings (SSSR count). The lowest BCUT2D eigenvalue weighted by Crippen LogP contribution is -2.34. The molecule has 1 aromatic carbocycles. The van der Waals surface area contributed by atoms with Crippen molar-refractivity contribution in [3.8, 4) is 11.6 Å². The second kappa shape index (κ2) is 6.44. The van der Waals surface area contributed by atoms with E-state index in [1.165, 1.54) is 0 Å². The minimum atomic E-state index is 0.0367. The summed E-state index contributed by atoms with van der Waals surface area (Å²) in [7, 11) is 0. The number of nitrogens with zero attached hydrogens (tertiary/aromatic N) is 1. The van der Waals surface area contributed by atoms with Crippen molar-refractivity contribution in [3.63, 3.8) is 0 Å². The van der Waals surface area contributed by atoms with Gasteiger partial charge in [-0.2, -0.15) is 0 Å². The number of nitrogens with one attached hydrogen (secondary N) is 1. The molecule has 1 aromatic heterocycles. The first-order valence-corrected chi connectivity index (χ1v) is 8.00. The van der Waals surface area contributed by atoms with Gasteiger partial charge in [-0.3, -0.25) is 4.79 Å². The molecule has 2 atom stereocenters. The van der Waals surface area contributed by atoms with Gasteiger partial charge in [-0.15, -0.1) is 0 Å². The van der Waals surface area contributed by atoms with E-state index in [9.17, 15) is 4.79 Å². The van der Waals surface area contributed by atoms with Gasteiger partial charge in [-0.1, -0.05) is 13.0 Å². The molecule has 0 saturated carbocycles. The van der Waals surface area contributed by atoms with Crippen LogP contribution >= 0.6 is 0 Å². The summed E-state index contributed by atoms with van der Waals surface area (Å²) < 4.78 is 11.6. The Kier molecular flexibility index (Phi) is 4.37. The Bertz CT molecular complexity index is 714. The van der Waals surface area contributed by atoms with Crippen molar-refractivity contribution in [1.29, 1.82) is 0 Å². The molecular formula is C18H22N2O3. The van der Waals surface area contributed by atoms with Gasteiger partial charge in [0.15, 0.2) is 0 Å². The van der Waals surface area contributed by atoms with Crippen LogP contribution in [0.3, 0.4) is 0 Å². The van der Waals surface area contributed by atoms with E-state index in [0.29, 0.717) is 18.9 Å². The topological polar surface area (TPSA) is 60.5 Å². The van der Waals surface area contributed by atoms with Crippen LogP contribution in [0.25, 0.3) is 10.8 Å². The summed E-state index contributed by atoms with van der Waals surface area (Å²) in [4.78, 5) is 15.8. The normalized spacial score (nSPS) is 20.8. The standard InChI is InChI=1S/C18H22N2O3/c1-11(2)23-14-5-4-13-6-7-19-18(15(13)9-14)22-10-16-12(3)8-17(21)20-16/h4-7,9,11-12,16H,8,10H2,1-3H3,(H,20,21)/t12-,16+/m0/s1. The Labute approximate surface area is 136 Å². The van der Waals surface area contributed by atoms with Crippen LogP contribution in [-0.4, -0.2) is 29.6 Å². The van der Waals surface area contributed by atoms with E-state index in [0.717, 1.165) is 16.5 Å². The number of hydrogen-bond donors (Lipinski definition) is 1. The number of hydrogen-bond acceptors (Lipinski definition) is 4. The minimum Gasteiger partial charge on any atom is -0.491 e. The van der Waals surface area contributed by atoms with Gasteiger partial charge in [0.25, 0.3) is 0 Å². The van der Waals surface area contributed by atoms with Crippen LogP contribution in [-0.2, 0) is 4.79 Å². The quantitative estimate of drug-likeness (QED) is 0.922. The fourth-order valence-electron chi connectivity index (χ4n) is 2.80. The number of carbonyl (C=O) groups is 1. The molecule has 5 heteroatoms. The molecule has 1 fully saturated rings. The summed E-state index contributed by atoms with van der Waals surface area (Å²) in [6.07, 6.45) is 2.41. The van der Waals surface area contributed by atoms with Crippen molar-refractivity contribution in [2.45, 2.75) is 39.3 Å². The maximum atomic E-state index is 11.4. The van der Waals surface area contributed by atoms with E-state index in [1.807, 2.05) is 38.1 Å². The molecule has 0 spiro atoms. The van der Waals surface area contributed by atoms with Crippen LogP contribution in [0.4, 0.5) is 0 Å². The number of amides is 1. The molecule has 122 valence electrons. The average molecular weight is 314 g/mol. The second-order valence-corrected chi connectivity index (χ2v) is 6.33. The summed E-state index contributed by atoms with van der Waals surface area (Å²) in [5.41, 5.74) is 0. The fourth-order valence-corrected chi connectivity index (χ4v) is 2.80. The smallest absolute Gasteiger partial charge is 0.221 e. The van der Waals surface area contributed by atoms with Gasteiger partial charge in [0.1, 0.15) is 12.4 Å². The highest BCUT2D eigenvalue weighted by Crippen LogP contribution is 2.28. The Hall–Kier alpha value is -2.30. The first-order chi connectivity index (χ1) is 11.0. The first-order valence-electron chi connectivity index (χ1n) is 8.00. The van der Waals surface area contributed by atoms with Crippen LogP contribution in [0.5, 0.6) is 11.6 Å². The Morgan fingerprint density at radius 1 is 1.35 bits per heavy atom. The lowest BCUT2D eigenvalue weighted by molar-refractivity contribution is -0.119. The predicted octanol–water partition coefficient (Wildman–Crippen LogP) is 2.93. The highest BCUT2D eigenvalue weighted by molar-refractivity contribution is 5.88. The van der Waals surface area contributed by atoms with E-state index in [2.05, 4.69) is 17.2 Å². The van der Waals surface area contributed by atoms with E-state index in [-0.39, 0.29) is 24.0 Å². The molecule has 2 aromatic rings. The fraction of sp³-hybridized carbons (Fsp3) is 0.444. The van der Waals surface area contributed by atoms with Crippen molar-refractivity contribution in [1.82, 2.24) is 10.3 Å². The van der Waals surface area contributed by atoms with Crippen LogP contribution in [0.15, 0.2) is 30.5 Å². The van der Waals surface area contributed by atoms with Crippen molar-refractivity contribution in [3.05, 3.63) is 30.5 Å². The predicted molar refractivity (Wildman–Crippen MR) is 88.7 cm³/mol. The van der Waals surface area contributed by atoms with Crippen molar-refractivity contribution in [2.75, 3.05) is 6.61 Å².